The van der Waals surface area contributed by atoms with Crippen molar-refractivity contribution < 1.29 is 4.79 Å². The molecular weight excluding hydrogens is 278 g/mol. The van der Waals surface area contributed by atoms with E-state index in [2.05, 4.69) is 41.7 Å². The maximum absolute atomic E-state index is 12.4. The van der Waals surface area contributed by atoms with Gasteiger partial charge in [0.15, 0.2) is 0 Å². The maximum Gasteiger partial charge on any atom is 0.235 e. The molecule has 0 spiro atoms. The molecule has 0 bridgehead atoms. The zero-order valence-corrected chi connectivity index (χ0v) is 12.2. The van der Waals surface area contributed by atoms with Crippen LogP contribution in [0.3, 0.4) is 0 Å². The number of carbonyl (C=O) groups is 1. The summed E-state index contributed by atoms with van der Waals surface area (Å²) in [5, 5.41) is 3.13. The average molecular weight is 293 g/mol. The third-order valence-corrected chi connectivity index (χ3v) is 5.54. The van der Waals surface area contributed by atoms with Crippen molar-refractivity contribution >= 4 is 23.7 Å². The smallest absolute Gasteiger partial charge is 0.235 e. The Balaban J connectivity index is 1.61. The zero-order chi connectivity index (χ0) is 14.2. The SMILES string of the molecule is O=C1NC(c2ccccc2)SC1C1C=Cc2ccccc21. The van der Waals surface area contributed by atoms with Crippen LogP contribution in [0.25, 0.3) is 6.08 Å². The molecule has 104 valence electrons. The molecule has 0 aromatic heterocycles. The molecule has 1 aliphatic heterocycles. The van der Waals surface area contributed by atoms with E-state index in [4.69, 9.17) is 0 Å². The molecule has 2 aromatic carbocycles. The molecule has 1 heterocycles. The van der Waals surface area contributed by atoms with E-state index in [0.29, 0.717) is 0 Å². The highest BCUT2D eigenvalue weighted by Gasteiger charge is 2.40. The van der Waals surface area contributed by atoms with Gasteiger partial charge >= 0.3 is 0 Å². The second kappa shape index (κ2) is 5.08. The number of benzene rings is 2. The number of thioether (sulfide) groups is 1. The minimum atomic E-state index is -0.0462. The Morgan fingerprint density at radius 3 is 2.57 bits per heavy atom. The van der Waals surface area contributed by atoms with Crippen molar-refractivity contribution in [2.24, 2.45) is 0 Å². The number of fused-ring (bicyclic) bond motifs is 1. The molecule has 1 aliphatic carbocycles. The Morgan fingerprint density at radius 2 is 1.71 bits per heavy atom. The van der Waals surface area contributed by atoms with Crippen LogP contribution in [0.1, 0.15) is 28.0 Å². The van der Waals surface area contributed by atoms with E-state index in [1.165, 1.54) is 11.1 Å². The van der Waals surface area contributed by atoms with E-state index in [1.807, 2.05) is 30.3 Å². The molecule has 0 saturated carbocycles. The Labute approximate surface area is 128 Å². The lowest BCUT2D eigenvalue weighted by molar-refractivity contribution is -0.120. The third kappa shape index (κ3) is 2.18. The number of nitrogens with one attached hydrogen (secondary N) is 1. The number of allylic oxidation sites excluding steroid dienone is 1. The van der Waals surface area contributed by atoms with E-state index >= 15 is 0 Å². The van der Waals surface area contributed by atoms with Gasteiger partial charge in [0.25, 0.3) is 0 Å². The molecule has 3 unspecified atom stereocenters. The van der Waals surface area contributed by atoms with Crippen LogP contribution in [0, 0.1) is 0 Å². The quantitative estimate of drug-likeness (QED) is 0.914. The van der Waals surface area contributed by atoms with Crippen LogP contribution in [-0.4, -0.2) is 11.2 Å². The molecule has 2 aliphatic rings. The summed E-state index contributed by atoms with van der Waals surface area (Å²) < 4.78 is 0. The lowest BCUT2D eigenvalue weighted by Crippen LogP contribution is -2.27. The van der Waals surface area contributed by atoms with E-state index in [-0.39, 0.29) is 22.4 Å². The van der Waals surface area contributed by atoms with Crippen LogP contribution in [0.4, 0.5) is 0 Å². The number of hydrogen-bond acceptors (Lipinski definition) is 2. The first-order valence-corrected chi connectivity index (χ1v) is 8.05. The van der Waals surface area contributed by atoms with Crippen molar-refractivity contribution in [1.82, 2.24) is 5.32 Å². The van der Waals surface area contributed by atoms with Gasteiger partial charge in [0, 0.05) is 5.92 Å². The Morgan fingerprint density at radius 1 is 0.952 bits per heavy atom. The van der Waals surface area contributed by atoms with Gasteiger partial charge in [-0.15, -0.1) is 11.8 Å². The monoisotopic (exact) mass is 293 g/mol. The molecular formula is C18H15NOS. The summed E-state index contributed by atoms with van der Waals surface area (Å²) in [5.41, 5.74) is 3.66. The van der Waals surface area contributed by atoms with Crippen LogP contribution >= 0.6 is 11.8 Å². The van der Waals surface area contributed by atoms with Crippen molar-refractivity contribution in [2.75, 3.05) is 0 Å². The van der Waals surface area contributed by atoms with Crippen molar-refractivity contribution in [2.45, 2.75) is 16.5 Å². The topological polar surface area (TPSA) is 29.1 Å². The normalized spacial score (nSPS) is 26.7. The van der Waals surface area contributed by atoms with Gasteiger partial charge in [-0.25, -0.2) is 0 Å². The van der Waals surface area contributed by atoms with Crippen LogP contribution in [-0.2, 0) is 4.79 Å². The number of hydrogen-bond donors (Lipinski definition) is 1. The van der Waals surface area contributed by atoms with Crippen LogP contribution in [0.15, 0.2) is 60.7 Å². The number of rotatable bonds is 2. The van der Waals surface area contributed by atoms with Gasteiger partial charge in [0.2, 0.25) is 5.91 Å². The molecule has 21 heavy (non-hydrogen) atoms. The number of carbonyl (C=O) groups excluding carboxylic acids is 1. The average Bonchev–Trinajstić information content (AvgIpc) is 3.11. The van der Waals surface area contributed by atoms with Crippen LogP contribution in [0.5, 0.6) is 0 Å². The van der Waals surface area contributed by atoms with Gasteiger partial charge in [-0.1, -0.05) is 66.7 Å². The molecule has 1 fully saturated rings. The van der Waals surface area contributed by atoms with Crippen molar-refractivity contribution in [3.05, 3.63) is 77.4 Å². The predicted octanol–water partition coefficient (Wildman–Crippen LogP) is 3.73. The first-order valence-electron chi connectivity index (χ1n) is 7.11. The molecule has 1 N–H and O–H groups in total. The second-order valence-corrected chi connectivity index (χ2v) is 6.62. The van der Waals surface area contributed by atoms with E-state index in [0.717, 1.165) is 5.56 Å². The maximum atomic E-state index is 12.4. The van der Waals surface area contributed by atoms with Gasteiger partial charge in [-0.2, -0.15) is 0 Å². The molecule has 1 amide bonds. The summed E-state index contributed by atoms with van der Waals surface area (Å²) in [6.45, 7) is 0. The summed E-state index contributed by atoms with van der Waals surface area (Å²) in [7, 11) is 0. The van der Waals surface area contributed by atoms with Gasteiger partial charge in [0.1, 0.15) is 5.37 Å². The van der Waals surface area contributed by atoms with E-state index < -0.39 is 0 Å². The van der Waals surface area contributed by atoms with Crippen LogP contribution in [0.2, 0.25) is 0 Å². The minimum absolute atomic E-state index is 0.0462. The van der Waals surface area contributed by atoms with Gasteiger partial charge in [-0.3, -0.25) is 4.79 Å². The summed E-state index contributed by atoms with van der Waals surface area (Å²) in [6, 6.07) is 18.5. The second-order valence-electron chi connectivity index (χ2n) is 5.37. The molecule has 0 radical (unpaired) electrons. The molecule has 2 nitrogen and oxygen atoms in total. The third-order valence-electron chi connectivity index (χ3n) is 4.08. The zero-order valence-electron chi connectivity index (χ0n) is 11.4. The van der Waals surface area contributed by atoms with Gasteiger partial charge in [-0.05, 0) is 16.7 Å². The van der Waals surface area contributed by atoms with Crippen molar-refractivity contribution in [1.29, 1.82) is 0 Å². The minimum Gasteiger partial charge on any atom is -0.339 e. The Hall–Kier alpha value is -2.00. The van der Waals surface area contributed by atoms with E-state index in [1.54, 1.807) is 11.8 Å². The highest BCUT2D eigenvalue weighted by atomic mass is 32.2. The first-order chi connectivity index (χ1) is 10.3. The van der Waals surface area contributed by atoms with Crippen molar-refractivity contribution in [3.63, 3.8) is 0 Å². The van der Waals surface area contributed by atoms with E-state index in [9.17, 15) is 4.79 Å². The predicted molar refractivity (Wildman–Crippen MR) is 86.9 cm³/mol. The molecule has 3 heteroatoms. The molecule has 2 aromatic rings. The fourth-order valence-corrected chi connectivity index (χ4v) is 4.42. The Kier molecular flexibility index (Phi) is 3.08. The fourth-order valence-electron chi connectivity index (χ4n) is 3.03. The summed E-state index contributed by atoms with van der Waals surface area (Å²) in [4.78, 5) is 12.4. The molecule has 3 atom stereocenters. The lowest BCUT2D eigenvalue weighted by Gasteiger charge is -2.16. The largest absolute Gasteiger partial charge is 0.339 e. The Bertz CT molecular complexity index is 710. The molecule has 4 rings (SSSR count). The summed E-state index contributed by atoms with van der Waals surface area (Å²) in [6.07, 6.45) is 4.29. The van der Waals surface area contributed by atoms with Gasteiger partial charge < -0.3 is 5.32 Å². The van der Waals surface area contributed by atoms with Crippen LogP contribution < -0.4 is 5.32 Å². The number of amides is 1. The highest BCUT2D eigenvalue weighted by Crippen LogP contribution is 2.45. The standard InChI is InChI=1S/C18H15NOS/c20-17-16(15-11-10-12-6-4-5-9-14(12)15)21-18(19-17)13-7-2-1-3-8-13/h1-11,15-16,18H,(H,19,20). The van der Waals surface area contributed by atoms with Crippen molar-refractivity contribution in [3.8, 4) is 0 Å². The summed E-state index contributed by atoms with van der Waals surface area (Å²) >= 11 is 1.72. The fraction of sp³-hybridized carbons (Fsp3) is 0.167. The summed E-state index contributed by atoms with van der Waals surface area (Å²) in [5.74, 6) is 0.320. The lowest BCUT2D eigenvalue weighted by atomic mass is 9.97. The molecule has 1 saturated heterocycles. The van der Waals surface area contributed by atoms with Gasteiger partial charge in [0.05, 0.1) is 5.25 Å². The highest BCUT2D eigenvalue weighted by molar-refractivity contribution is 8.01. The first kappa shape index (κ1) is 12.7.